The molecular formula is C31H20ClF4N5O2. The maximum absolute atomic E-state index is 13.6. The zero-order valence-corrected chi connectivity index (χ0v) is 22.8. The van der Waals surface area contributed by atoms with Gasteiger partial charge in [-0.3, -0.25) is 29.5 Å². The van der Waals surface area contributed by atoms with Gasteiger partial charge >= 0.3 is 0 Å². The maximum Gasteiger partial charge on any atom is 0.258 e. The number of fused-ring (bicyclic) bond motifs is 2. The summed E-state index contributed by atoms with van der Waals surface area (Å²) in [5.41, 5.74) is 8.57. The average molecular weight is 606 g/mol. The third-order valence-corrected chi connectivity index (χ3v) is 5.93. The van der Waals surface area contributed by atoms with E-state index in [4.69, 9.17) is 17.3 Å². The molecule has 0 saturated heterocycles. The molecule has 0 saturated carbocycles. The van der Waals surface area contributed by atoms with Crippen LogP contribution in [0.5, 0.6) is 0 Å². The number of benzene rings is 2. The highest BCUT2D eigenvalue weighted by molar-refractivity contribution is 6.67. The zero-order chi connectivity index (χ0) is 30.9. The van der Waals surface area contributed by atoms with Crippen molar-refractivity contribution in [2.24, 2.45) is 0 Å². The summed E-state index contributed by atoms with van der Waals surface area (Å²) in [4.78, 5) is 38.9. The molecule has 2 N–H and O–H groups in total. The monoisotopic (exact) mass is 605 g/mol. The summed E-state index contributed by atoms with van der Waals surface area (Å²) in [6.07, 6.45) is 6.36. The standard InChI is InChI=1S/C16H10F2N2O.C8H7N3.C7H3ClF2O/c17-11-3-1-4-12(18)16(11)15(21)8-10-7-14-13(20-9-10)5-2-6-19-14;9-6-4-8-7(11-5-6)2-1-3-10-8;8-7(11)6-4(9)2-1-3-5(6)10/h1-7,9H,8H2;1-5H,9H2;1-3H. The first kappa shape index (κ1) is 30.7. The second kappa shape index (κ2) is 14.1. The van der Waals surface area contributed by atoms with E-state index in [1.54, 1.807) is 36.8 Å². The molecule has 0 aliphatic rings. The fraction of sp³-hybridized carbons (Fsp3) is 0.0323. The molecule has 2 aromatic carbocycles. The maximum atomic E-state index is 13.6. The van der Waals surface area contributed by atoms with E-state index in [2.05, 4.69) is 19.9 Å². The zero-order valence-electron chi connectivity index (χ0n) is 22.0. The Morgan fingerprint density at radius 1 is 0.628 bits per heavy atom. The first-order valence-electron chi connectivity index (χ1n) is 12.4. The molecule has 0 atom stereocenters. The molecule has 43 heavy (non-hydrogen) atoms. The van der Waals surface area contributed by atoms with Gasteiger partial charge in [0.2, 0.25) is 0 Å². The highest BCUT2D eigenvalue weighted by Crippen LogP contribution is 2.17. The number of pyridine rings is 4. The number of nitrogens with zero attached hydrogens (tertiary/aromatic N) is 4. The normalized spacial score (nSPS) is 10.3. The van der Waals surface area contributed by atoms with Gasteiger partial charge in [-0.1, -0.05) is 12.1 Å². The number of ketones is 1. The first-order chi connectivity index (χ1) is 20.6. The minimum absolute atomic E-state index is 0.128. The van der Waals surface area contributed by atoms with Crippen LogP contribution in [0, 0.1) is 23.3 Å². The first-order valence-corrected chi connectivity index (χ1v) is 12.8. The molecule has 12 heteroatoms. The molecule has 0 spiro atoms. The number of aromatic nitrogens is 4. The Bertz CT molecular complexity index is 1900. The average Bonchev–Trinajstić information content (AvgIpc) is 2.97. The van der Waals surface area contributed by atoms with Crippen molar-refractivity contribution in [2.75, 3.05) is 5.73 Å². The number of hydrogen-bond donors (Lipinski definition) is 1. The number of nitrogen functional groups attached to an aromatic ring is 1. The van der Waals surface area contributed by atoms with Gasteiger partial charge < -0.3 is 5.73 Å². The molecule has 6 rings (SSSR count). The van der Waals surface area contributed by atoms with E-state index in [1.165, 1.54) is 12.3 Å². The largest absolute Gasteiger partial charge is 0.397 e. The van der Waals surface area contributed by atoms with E-state index in [-0.39, 0.29) is 6.42 Å². The van der Waals surface area contributed by atoms with E-state index < -0.39 is 45.4 Å². The highest BCUT2D eigenvalue weighted by atomic mass is 35.5. The fourth-order valence-corrected chi connectivity index (χ4v) is 3.96. The topological polar surface area (TPSA) is 112 Å². The van der Waals surface area contributed by atoms with Crippen molar-refractivity contribution in [1.82, 2.24) is 19.9 Å². The minimum Gasteiger partial charge on any atom is -0.397 e. The van der Waals surface area contributed by atoms with Crippen LogP contribution < -0.4 is 5.73 Å². The lowest BCUT2D eigenvalue weighted by Crippen LogP contribution is -2.09. The molecule has 0 bridgehead atoms. The van der Waals surface area contributed by atoms with Gasteiger partial charge in [-0.2, -0.15) is 0 Å². The van der Waals surface area contributed by atoms with Crippen molar-refractivity contribution in [2.45, 2.75) is 6.42 Å². The second-order valence-electron chi connectivity index (χ2n) is 8.76. The van der Waals surface area contributed by atoms with E-state index in [9.17, 15) is 27.2 Å². The van der Waals surface area contributed by atoms with Crippen LogP contribution in [-0.4, -0.2) is 31.0 Å². The Kier molecular flexibility index (Phi) is 10.0. The SMILES string of the molecule is Nc1cnc2cccnc2c1.O=C(Cc1cnc2cccnc2c1)c1c(F)cccc1F.O=C(Cl)c1c(F)cccc1F. The Hall–Kier alpha value is -5.29. The number of nitrogens with two attached hydrogens (primary N) is 1. The third kappa shape index (κ3) is 7.92. The summed E-state index contributed by atoms with van der Waals surface area (Å²) in [6, 6.07) is 17.3. The van der Waals surface area contributed by atoms with E-state index in [1.807, 2.05) is 18.2 Å². The fourth-order valence-electron chi connectivity index (χ4n) is 3.78. The smallest absolute Gasteiger partial charge is 0.258 e. The van der Waals surface area contributed by atoms with E-state index in [0.717, 1.165) is 41.4 Å². The summed E-state index contributed by atoms with van der Waals surface area (Å²) >= 11 is 4.89. The van der Waals surface area contributed by atoms with Crippen molar-refractivity contribution in [3.63, 3.8) is 0 Å². The van der Waals surface area contributed by atoms with Gasteiger partial charge in [0.25, 0.3) is 5.24 Å². The lowest BCUT2D eigenvalue weighted by atomic mass is 10.0. The number of Topliss-reactive ketones (excluding diaryl/α,β-unsaturated/α-hetero) is 1. The van der Waals surface area contributed by atoms with Crippen molar-refractivity contribution in [3.8, 4) is 0 Å². The molecule has 4 aromatic heterocycles. The van der Waals surface area contributed by atoms with Gasteiger partial charge in [-0.25, -0.2) is 17.6 Å². The van der Waals surface area contributed by atoms with Crippen LogP contribution in [0.25, 0.3) is 22.1 Å². The summed E-state index contributed by atoms with van der Waals surface area (Å²) in [5, 5.41) is -1.12. The van der Waals surface area contributed by atoms with Crippen LogP contribution >= 0.6 is 11.6 Å². The van der Waals surface area contributed by atoms with Gasteiger partial charge in [-0.15, -0.1) is 0 Å². The number of rotatable bonds is 4. The van der Waals surface area contributed by atoms with Crippen molar-refractivity contribution in [1.29, 1.82) is 0 Å². The Labute approximate surface area is 247 Å². The van der Waals surface area contributed by atoms with Gasteiger partial charge in [0.15, 0.2) is 5.78 Å². The quantitative estimate of drug-likeness (QED) is 0.132. The lowest BCUT2D eigenvalue weighted by Gasteiger charge is -2.05. The van der Waals surface area contributed by atoms with Crippen LogP contribution in [0.4, 0.5) is 23.2 Å². The van der Waals surface area contributed by atoms with Crippen molar-refractivity contribution in [3.05, 3.63) is 138 Å². The molecular weight excluding hydrogens is 586 g/mol. The van der Waals surface area contributed by atoms with Crippen LogP contribution in [0.3, 0.4) is 0 Å². The van der Waals surface area contributed by atoms with Crippen LogP contribution in [0.15, 0.2) is 97.6 Å². The van der Waals surface area contributed by atoms with Crippen LogP contribution in [0.1, 0.15) is 26.3 Å². The van der Waals surface area contributed by atoms with Crippen LogP contribution in [-0.2, 0) is 6.42 Å². The van der Waals surface area contributed by atoms with Crippen molar-refractivity contribution >= 4 is 50.4 Å². The van der Waals surface area contributed by atoms with Gasteiger partial charge in [0.1, 0.15) is 28.8 Å². The molecule has 6 aromatic rings. The Morgan fingerprint density at radius 2 is 1.12 bits per heavy atom. The van der Waals surface area contributed by atoms with Gasteiger partial charge in [0, 0.05) is 25.0 Å². The molecule has 0 aliphatic heterocycles. The molecule has 0 radical (unpaired) electrons. The number of hydrogen-bond acceptors (Lipinski definition) is 7. The van der Waals surface area contributed by atoms with E-state index >= 15 is 0 Å². The molecule has 0 aliphatic carbocycles. The second-order valence-corrected chi connectivity index (χ2v) is 9.11. The molecule has 0 unspecified atom stereocenters. The number of halogens is 5. The third-order valence-electron chi connectivity index (χ3n) is 5.75. The highest BCUT2D eigenvalue weighted by Gasteiger charge is 2.17. The molecule has 216 valence electrons. The lowest BCUT2D eigenvalue weighted by molar-refractivity contribution is 0.0984. The molecule has 4 heterocycles. The summed E-state index contributed by atoms with van der Waals surface area (Å²) in [7, 11) is 0. The summed E-state index contributed by atoms with van der Waals surface area (Å²) in [5.74, 6) is -4.21. The Balaban J connectivity index is 0.000000162. The Morgan fingerprint density at radius 3 is 1.63 bits per heavy atom. The number of anilines is 1. The molecule has 7 nitrogen and oxygen atoms in total. The molecule has 0 fully saturated rings. The summed E-state index contributed by atoms with van der Waals surface area (Å²) < 4.78 is 52.2. The minimum atomic E-state index is -1.12. The van der Waals surface area contributed by atoms with Gasteiger partial charge in [0.05, 0.1) is 39.5 Å². The summed E-state index contributed by atoms with van der Waals surface area (Å²) in [6.45, 7) is 0. The predicted octanol–water partition coefficient (Wildman–Crippen LogP) is 6.89. The van der Waals surface area contributed by atoms with Crippen molar-refractivity contribution < 1.29 is 27.2 Å². The van der Waals surface area contributed by atoms with E-state index in [0.29, 0.717) is 22.3 Å². The van der Waals surface area contributed by atoms with Gasteiger partial charge in [-0.05, 0) is 77.8 Å². The van der Waals surface area contributed by atoms with Crippen LogP contribution in [0.2, 0.25) is 0 Å². The predicted molar refractivity (Wildman–Crippen MR) is 154 cm³/mol. The number of carbonyl (C=O) groups is 2. The number of carbonyl (C=O) groups excluding carboxylic acids is 2. The molecule has 0 amide bonds.